The molecule has 192 valence electrons. The number of anilines is 3. The van der Waals surface area contributed by atoms with Gasteiger partial charge in [0, 0.05) is 54.8 Å². The van der Waals surface area contributed by atoms with Gasteiger partial charge in [0.15, 0.2) is 5.82 Å². The number of nitrogens with one attached hydrogen (secondary N) is 2. The van der Waals surface area contributed by atoms with Crippen LogP contribution in [0.1, 0.15) is 37.4 Å². The molecular formula is C27H32N8O2. The molecule has 1 atom stereocenters. The van der Waals surface area contributed by atoms with Crippen LogP contribution in [0.2, 0.25) is 0 Å². The molecule has 0 radical (unpaired) electrons. The topological polar surface area (TPSA) is 108 Å². The number of rotatable bonds is 5. The molecule has 3 aliphatic rings. The molecule has 4 heterocycles. The van der Waals surface area contributed by atoms with Crippen LogP contribution in [-0.4, -0.2) is 64.4 Å². The molecule has 1 saturated carbocycles. The monoisotopic (exact) mass is 500 g/mol. The average molecular weight is 501 g/mol. The van der Waals surface area contributed by atoms with Gasteiger partial charge in [-0.1, -0.05) is 0 Å². The predicted molar refractivity (Wildman–Crippen MR) is 142 cm³/mol. The van der Waals surface area contributed by atoms with Gasteiger partial charge in [0.05, 0.1) is 31.5 Å². The number of hydrogen-bond acceptors (Lipinski definition) is 8. The molecular weight excluding hydrogens is 468 g/mol. The molecule has 0 bridgehead atoms. The lowest BCUT2D eigenvalue weighted by atomic mass is 9.93. The van der Waals surface area contributed by atoms with Gasteiger partial charge < -0.3 is 25.2 Å². The van der Waals surface area contributed by atoms with Crippen LogP contribution in [0.4, 0.5) is 22.2 Å². The summed E-state index contributed by atoms with van der Waals surface area (Å²) in [5, 5.41) is 5.93. The van der Waals surface area contributed by atoms with E-state index in [4.69, 9.17) is 14.7 Å². The first-order chi connectivity index (χ1) is 18.1. The third kappa shape index (κ3) is 5.06. The molecule has 1 aromatic carbocycles. The van der Waals surface area contributed by atoms with Gasteiger partial charge in [-0.3, -0.25) is 0 Å². The standard InChI is InChI=1S/C27H32N8O2/c1-18-17-37-15-14-35(18)25-22-16-34(26-28-11-3-12-29-26)13-10-23(22)32-24(33-25)19-6-8-21(9-7-19)31-27(36)30-20-4-2-5-20/h3,6-9,11-12,18,20H,2,4-5,10,13-17H2,1H3,(H2,30,31,36)/t18-/m0/s1. The van der Waals surface area contributed by atoms with Crippen molar-refractivity contribution in [2.24, 2.45) is 0 Å². The highest BCUT2D eigenvalue weighted by Crippen LogP contribution is 2.32. The zero-order valence-electron chi connectivity index (χ0n) is 21.1. The van der Waals surface area contributed by atoms with E-state index in [1.165, 1.54) is 6.42 Å². The second kappa shape index (κ2) is 10.3. The van der Waals surface area contributed by atoms with Gasteiger partial charge in [-0.25, -0.2) is 24.7 Å². The van der Waals surface area contributed by atoms with Gasteiger partial charge in [0.1, 0.15) is 5.82 Å². The van der Waals surface area contributed by atoms with Gasteiger partial charge in [-0.2, -0.15) is 0 Å². The van der Waals surface area contributed by atoms with E-state index in [0.29, 0.717) is 31.6 Å². The molecule has 3 aromatic rings. The van der Waals surface area contributed by atoms with Crippen LogP contribution in [0.3, 0.4) is 0 Å². The zero-order chi connectivity index (χ0) is 25.2. The SMILES string of the molecule is C[C@H]1COCCN1c1nc(-c2ccc(NC(=O)NC3CCC3)cc2)nc2c1CN(c1ncccn1)CC2. The summed E-state index contributed by atoms with van der Waals surface area (Å²) in [6.07, 6.45) is 7.64. The van der Waals surface area contributed by atoms with Crippen molar-refractivity contribution in [2.75, 3.05) is 41.4 Å². The molecule has 2 N–H and O–H groups in total. The summed E-state index contributed by atoms with van der Waals surface area (Å²) in [6.45, 7) is 5.76. The predicted octanol–water partition coefficient (Wildman–Crippen LogP) is 3.40. The van der Waals surface area contributed by atoms with Crippen molar-refractivity contribution in [1.29, 1.82) is 0 Å². The number of carbonyl (C=O) groups excluding carboxylic acids is 1. The molecule has 2 aromatic heterocycles. The van der Waals surface area contributed by atoms with Gasteiger partial charge in [0.2, 0.25) is 5.95 Å². The maximum absolute atomic E-state index is 12.2. The summed E-state index contributed by atoms with van der Waals surface area (Å²) in [6, 6.07) is 9.95. The second-order valence-corrected chi connectivity index (χ2v) is 9.94. The maximum Gasteiger partial charge on any atom is 0.319 e. The van der Waals surface area contributed by atoms with Crippen molar-refractivity contribution in [3.8, 4) is 11.4 Å². The highest BCUT2D eigenvalue weighted by Gasteiger charge is 2.30. The number of aromatic nitrogens is 4. The number of ether oxygens (including phenoxy) is 1. The fraction of sp³-hybridized carbons (Fsp3) is 0.444. The van der Waals surface area contributed by atoms with Crippen LogP contribution >= 0.6 is 0 Å². The van der Waals surface area contributed by atoms with Crippen molar-refractivity contribution in [2.45, 2.75) is 51.2 Å². The van der Waals surface area contributed by atoms with Crippen LogP contribution in [0, 0.1) is 0 Å². The lowest BCUT2D eigenvalue weighted by Gasteiger charge is -2.38. The smallest absolute Gasteiger partial charge is 0.319 e. The lowest BCUT2D eigenvalue weighted by molar-refractivity contribution is 0.0984. The van der Waals surface area contributed by atoms with E-state index in [-0.39, 0.29) is 12.1 Å². The highest BCUT2D eigenvalue weighted by molar-refractivity contribution is 5.89. The first-order valence-corrected chi connectivity index (χ1v) is 13.1. The third-order valence-electron chi connectivity index (χ3n) is 7.35. The lowest BCUT2D eigenvalue weighted by Crippen LogP contribution is -2.45. The molecule has 2 fully saturated rings. The summed E-state index contributed by atoms with van der Waals surface area (Å²) in [4.78, 5) is 35.8. The van der Waals surface area contributed by atoms with E-state index in [0.717, 1.165) is 66.6 Å². The van der Waals surface area contributed by atoms with Crippen molar-refractivity contribution >= 4 is 23.5 Å². The molecule has 0 spiro atoms. The normalized spacial score (nSPS) is 19.6. The highest BCUT2D eigenvalue weighted by atomic mass is 16.5. The Morgan fingerprint density at radius 2 is 1.89 bits per heavy atom. The first kappa shape index (κ1) is 23.6. The quantitative estimate of drug-likeness (QED) is 0.549. The average Bonchev–Trinajstić information content (AvgIpc) is 2.91. The number of hydrogen-bond donors (Lipinski definition) is 2. The number of morpholine rings is 1. The van der Waals surface area contributed by atoms with Crippen molar-refractivity contribution in [3.05, 3.63) is 54.0 Å². The first-order valence-electron chi connectivity index (χ1n) is 13.1. The second-order valence-electron chi connectivity index (χ2n) is 9.94. The van der Waals surface area contributed by atoms with E-state index in [1.807, 2.05) is 30.3 Å². The number of urea groups is 1. The molecule has 2 aliphatic heterocycles. The minimum absolute atomic E-state index is 0.155. The Balaban J connectivity index is 1.28. The fourth-order valence-corrected chi connectivity index (χ4v) is 5.04. The zero-order valence-corrected chi connectivity index (χ0v) is 21.1. The summed E-state index contributed by atoms with van der Waals surface area (Å²) < 4.78 is 5.71. The van der Waals surface area contributed by atoms with Crippen molar-refractivity contribution in [3.63, 3.8) is 0 Å². The number of amides is 2. The Labute approximate surface area is 216 Å². The minimum atomic E-state index is -0.155. The Kier molecular flexibility index (Phi) is 6.57. The van der Waals surface area contributed by atoms with E-state index in [1.54, 1.807) is 12.4 Å². The van der Waals surface area contributed by atoms with Crippen LogP contribution in [0.5, 0.6) is 0 Å². The molecule has 10 nitrogen and oxygen atoms in total. The minimum Gasteiger partial charge on any atom is -0.377 e. The third-order valence-corrected chi connectivity index (χ3v) is 7.35. The van der Waals surface area contributed by atoms with Crippen molar-refractivity contribution in [1.82, 2.24) is 25.3 Å². The molecule has 1 aliphatic carbocycles. The molecule has 37 heavy (non-hydrogen) atoms. The molecule has 6 rings (SSSR count). The van der Waals surface area contributed by atoms with E-state index in [2.05, 4.69) is 37.3 Å². The van der Waals surface area contributed by atoms with E-state index >= 15 is 0 Å². The number of fused-ring (bicyclic) bond motifs is 1. The Morgan fingerprint density at radius 3 is 2.62 bits per heavy atom. The number of nitrogens with zero attached hydrogens (tertiary/aromatic N) is 6. The van der Waals surface area contributed by atoms with Gasteiger partial charge in [-0.15, -0.1) is 0 Å². The summed E-state index contributed by atoms with van der Waals surface area (Å²) in [7, 11) is 0. The van der Waals surface area contributed by atoms with Gasteiger partial charge in [0.25, 0.3) is 0 Å². The van der Waals surface area contributed by atoms with Crippen LogP contribution in [0.25, 0.3) is 11.4 Å². The van der Waals surface area contributed by atoms with Gasteiger partial charge in [-0.05, 0) is 56.5 Å². The summed E-state index contributed by atoms with van der Waals surface area (Å²) in [5.41, 5.74) is 3.86. The summed E-state index contributed by atoms with van der Waals surface area (Å²) >= 11 is 0. The van der Waals surface area contributed by atoms with E-state index in [9.17, 15) is 4.79 Å². The molecule has 1 saturated heterocycles. The Morgan fingerprint density at radius 1 is 1.08 bits per heavy atom. The maximum atomic E-state index is 12.2. The largest absolute Gasteiger partial charge is 0.377 e. The van der Waals surface area contributed by atoms with Crippen LogP contribution in [0.15, 0.2) is 42.7 Å². The molecule has 2 amide bonds. The summed E-state index contributed by atoms with van der Waals surface area (Å²) in [5.74, 6) is 2.38. The van der Waals surface area contributed by atoms with Crippen LogP contribution in [-0.2, 0) is 17.7 Å². The van der Waals surface area contributed by atoms with Crippen molar-refractivity contribution < 1.29 is 9.53 Å². The Hall–Kier alpha value is -3.79. The van der Waals surface area contributed by atoms with Crippen LogP contribution < -0.4 is 20.4 Å². The Bertz CT molecular complexity index is 1250. The van der Waals surface area contributed by atoms with E-state index < -0.39 is 0 Å². The molecule has 0 unspecified atom stereocenters. The molecule has 10 heteroatoms. The number of benzene rings is 1. The fourth-order valence-electron chi connectivity index (χ4n) is 5.04. The van der Waals surface area contributed by atoms with Gasteiger partial charge >= 0.3 is 6.03 Å². The number of carbonyl (C=O) groups is 1.